The first-order chi connectivity index (χ1) is 13.0. The Balaban J connectivity index is 1.74. The molecule has 0 aliphatic carbocycles. The number of ether oxygens (including phenoxy) is 1. The summed E-state index contributed by atoms with van der Waals surface area (Å²) in [7, 11) is 0. The Morgan fingerprint density at radius 2 is 2.04 bits per heavy atom. The van der Waals surface area contributed by atoms with Gasteiger partial charge in [-0.3, -0.25) is 9.69 Å². The van der Waals surface area contributed by atoms with Gasteiger partial charge in [-0.05, 0) is 35.6 Å². The van der Waals surface area contributed by atoms with Gasteiger partial charge in [0, 0.05) is 18.2 Å². The molecule has 2 aromatic rings. The van der Waals surface area contributed by atoms with E-state index in [2.05, 4.69) is 5.32 Å². The average Bonchev–Trinajstić information content (AvgIpc) is 3.02. The maximum absolute atomic E-state index is 14.7. The van der Waals surface area contributed by atoms with Crippen molar-refractivity contribution in [1.82, 2.24) is 5.32 Å². The molecule has 1 fully saturated rings. The summed E-state index contributed by atoms with van der Waals surface area (Å²) in [4.78, 5) is 24.4. The number of carbonyl (C=O) groups is 2. The first-order valence-corrected chi connectivity index (χ1v) is 9.97. The van der Waals surface area contributed by atoms with Crippen LogP contribution in [0.4, 0.5) is 14.9 Å². The van der Waals surface area contributed by atoms with Gasteiger partial charge < -0.3 is 10.1 Å². The second-order valence-electron chi connectivity index (χ2n) is 6.35. The third kappa shape index (κ3) is 4.60. The molecule has 1 aliphatic rings. The monoisotopic (exact) mass is 388 g/mol. The third-order valence-corrected chi connectivity index (χ3v) is 4.92. The van der Waals surface area contributed by atoms with Crippen LogP contribution in [0, 0.1) is 5.82 Å². The van der Waals surface area contributed by atoms with Gasteiger partial charge in [0.25, 0.3) is 0 Å². The highest BCUT2D eigenvalue weighted by atomic mass is 32.2. The van der Waals surface area contributed by atoms with Crippen molar-refractivity contribution in [2.45, 2.75) is 18.8 Å². The van der Waals surface area contributed by atoms with Gasteiger partial charge in [0.05, 0.1) is 18.8 Å². The van der Waals surface area contributed by atoms with E-state index in [1.54, 1.807) is 23.9 Å². The average molecular weight is 388 g/mol. The van der Waals surface area contributed by atoms with Gasteiger partial charge in [-0.25, -0.2) is 9.18 Å². The molecule has 7 heteroatoms. The summed E-state index contributed by atoms with van der Waals surface area (Å²) in [6, 6.07) is 12.5. The second-order valence-corrected chi connectivity index (χ2v) is 7.21. The number of carbonyl (C=O) groups excluding carboxylic acids is 2. The fraction of sp³-hybridized carbons (Fsp3) is 0.300. The fourth-order valence-corrected chi connectivity index (χ4v) is 3.48. The van der Waals surface area contributed by atoms with Crippen molar-refractivity contribution in [1.29, 1.82) is 0 Å². The van der Waals surface area contributed by atoms with Crippen molar-refractivity contribution in [3.8, 4) is 11.1 Å². The second kappa shape index (κ2) is 8.43. The molecular formula is C20H21FN2O3S. The summed E-state index contributed by atoms with van der Waals surface area (Å²) in [5, 5.41) is 2.62. The number of hydrogen-bond donors (Lipinski definition) is 1. The molecule has 1 N–H and O–H groups in total. The highest BCUT2D eigenvalue weighted by Crippen LogP contribution is 2.29. The lowest BCUT2D eigenvalue weighted by atomic mass is 10.0. The van der Waals surface area contributed by atoms with Crippen LogP contribution in [-0.2, 0) is 15.3 Å². The van der Waals surface area contributed by atoms with Gasteiger partial charge in [0.2, 0.25) is 5.91 Å². The molecule has 1 aliphatic heterocycles. The molecule has 5 nitrogen and oxygen atoms in total. The number of rotatable bonds is 6. The lowest BCUT2D eigenvalue weighted by molar-refractivity contribution is -0.119. The van der Waals surface area contributed by atoms with Gasteiger partial charge in [0.15, 0.2) is 0 Å². The molecule has 1 saturated heterocycles. The maximum Gasteiger partial charge on any atom is 0.414 e. The summed E-state index contributed by atoms with van der Waals surface area (Å²) >= 11 is 1.73. The van der Waals surface area contributed by atoms with Crippen molar-refractivity contribution < 1.29 is 18.7 Å². The van der Waals surface area contributed by atoms with Crippen LogP contribution in [0.5, 0.6) is 0 Å². The number of anilines is 1. The van der Waals surface area contributed by atoms with Crippen LogP contribution in [-0.4, -0.2) is 37.4 Å². The molecule has 0 unspecified atom stereocenters. The van der Waals surface area contributed by atoms with Crippen molar-refractivity contribution in [3.63, 3.8) is 0 Å². The highest BCUT2D eigenvalue weighted by Gasteiger charge is 2.32. The molecule has 1 heterocycles. The van der Waals surface area contributed by atoms with Gasteiger partial charge >= 0.3 is 6.09 Å². The normalized spacial score (nSPS) is 16.3. The van der Waals surface area contributed by atoms with Gasteiger partial charge in [0.1, 0.15) is 11.9 Å². The Morgan fingerprint density at radius 3 is 2.67 bits per heavy atom. The highest BCUT2D eigenvalue weighted by molar-refractivity contribution is 7.97. The molecule has 0 bridgehead atoms. The minimum atomic E-state index is -0.543. The summed E-state index contributed by atoms with van der Waals surface area (Å²) < 4.78 is 19.9. The number of hydrogen-bond acceptors (Lipinski definition) is 4. The van der Waals surface area contributed by atoms with Crippen LogP contribution in [0.3, 0.4) is 0 Å². The van der Waals surface area contributed by atoms with Gasteiger partial charge in [-0.15, -0.1) is 0 Å². The Kier molecular flexibility index (Phi) is 6.01. The van der Waals surface area contributed by atoms with Gasteiger partial charge in [-0.1, -0.05) is 24.3 Å². The van der Waals surface area contributed by atoms with E-state index in [1.807, 2.05) is 30.5 Å². The third-order valence-electron chi connectivity index (χ3n) is 4.29. The number of thioether (sulfide) groups is 1. The van der Waals surface area contributed by atoms with Crippen LogP contribution in [0.2, 0.25) is 0 Å². The quantitative estimate of drug-likeness (QED) is 0.817. The molecule has 27 heavy (non-hydrogen) atoms. The molecule has 3 rings (SSSR count). The summed E-state index contributed by atoms with van der Waals surface area (Å²) in [5.41, 5.74) is 2.90. The summed E-state index contributed by atoms with van der Waals surface area (Å²) in [6.07, 6.45) is 1.04. The Labute approximate surface area is 161 Å². The number of nitrogens with one attached hydrogen (secondary N) is 1. The SMILES string of the molecule is CSCc1ccc(-c2ccc(N3C[C@H](CNC(C)=O)OC3=O)cc2F)cc1. The lowest BCUT2D eigenvalue weighted by Crippen LogP contribution is -2.33. The Bertz CT molecular complexity index is 842. The van der Waals surface area contributed by atoms with E-state index < -0.39 is 18.0 Å². The zero-order valence-electron chi connectivity index (χ0n) is 15.2. The van der Waals surface area contributed by atoms with Gasteiger partial charge in [-0.2, -0.15) is 11.8 Å². The Morgan fingerprint density at radius 1 is 1.30 bits per heavy atom. The van der Waals surface area contributed by atoms with E-state index in [-0.39, 0.29) is 19.0 Å². The number of halogens is 1. The number of nitrogens with zero attached hydrogens (tertiary/aromatic N) is 1. The molecular weight excluding hydrogens is 367 g/mol. The zero-order valence-corrected chi connectivity index (χ0v) is 16.0. The van der Waals surface area contributed by atoms with E-state index in [9.17, 15) is 14.0 Å². The first-order valence-electron chi connectivity index (χ1n) is 8.58. The van der Waals surface area contributed by atoms with Crippen molar-refractivity contribution in [3.05, 3.63) is 53.8 Å². The van der Waals surface area contributed by atoms with Crippen LogP contribution in [0.25, 0.3) is 11.1 Å². The summed E-state index contributed by atoms with van der Waals surface area (Å²) in [5.74, 6) is 0.324. The minimum absolute atomic E-state index is 0.191. The summed E-state index contributed by atoms with van der Waals surface area (Å²) in [6.45, 7) is 1.90. The minimum Gasteiger partial charge on any atom is -0.442 e. The molecule has 2 aromatic carbocycles. The van der Waals surface area contributed by atoms with E-state index >= 15 is 0 Å². The van der Waals surface area contributed by atoms with Crippen molar-refractivity contribution in [2.24, 2.45) is 0 Å². The molecule has 0 radical (unpaired) electrons. The smallest absolute Gasteiger partial charge is 0.414 e. The first kappa shape index (κ1) is 19.2. The van der Waals surface area contributed by atoms with Crippen molar-refractivity contribution >= 4 is 29.4 Å². The Hall–Kier alpha value is -2.54. The zero-order chi connectivity index (χ0) is 19.4. The number of benzene rings is 2. The predicted molar refractivity (Wildman–Crippen MR) is 105 cm³/mol. The molecule has 2 amide bonds. The van der Waals surface area contributed by atoms with E-state index in [1.165, 1.54) is 23.5 Å². The maximum atomic E-state index is 14.7. The van der Waals surface area contributed by atoms with Crippen LogP contribution in [0.15, 0.2) is 42.5 Å². The number of cyclic esters (lactones) is 1. The molecule has 0 spiro atoms. The van der Waals surface area contributed by atoms with Crippen LogP contribution < -0.4 is 10.2 Å². The predicted octanol–water partition coefficient (Wildman–Crippen LogP) is 3.82. The standard InChI is InChI=1S/C20H21FN2O3S/c1-13(24)22-10-17-11-23(20(25)26-17)16-7-8-18(19(21)9-16)15-5-3-14(4-6-15)12-27-2/h3-9,17H,10-12H2,1-2H3,(H,22,24)/t17-/m0/s1. The van der Waals surface area contributed by atoms with Crippen LogP contribution in [0.1, 0.15) is 12.5 Å². The van der Waals surface area contributed by atoms with Crippen LogP contribution >= 0.6 is 11.8 Å². The molecule has 0 aromatic heterocycles. The van der Waals surface area contributed by atoms with E-state index in [0.717, 1.165) is 11.3 Å². The largest absolute Gasteiger partial charge is 0.442 e. The molecule has 0 saturated carbocycles. The fourth-order valence-electron chi connectivity index (χ4n) is 2.95. The lowest BCUT2D eigenvalue weighted by Gasteiger charge is -2.14. The van der Waals surface area contributed by atoms with Crippen molar-refractivity contribution in [2.75, 3.05) is 24.2 Å². The molecule has 142 valence electrons. The molecule has 1 atom stereocenters. The number of amides is 2. The van der Waals surface area contributed by atoms with E-state index in [4.69, 9.17) is 4.74 Å². The topological polar surface area (TPSA) is 58.6 Å². The van der Waals surface area contributed by atoms with E-state index in [0.29, 0.717) is 11.3 Å².